The number of alkyl halides is 7. The van der Waals surface area contributed by atoms with Crippen molar-refractivity contribution in [3.05, 3.63) is 34.6 Å². The van der Waals surface area contributed by atoms with E-state index in [0.717, 1.165) is 0 Å². The topological polar surface area (TPSA) is 0 Å². The Kier molecular flexibility index (Phi) is 3.61. The molecule has 1 aromatic carbocycles. The highest BCUT2D eigenvalue weighted by molar-refractivity contribution is 6.17. The van der Waals surface area contributed by atoms with Gasteiger partial charge in [-0.1, -0.05) is 0 Å². The van der Waals surface area contributed by atoms with Gasteiger partial charge in [-0.15, -0.1) is 11.6 Å². The molecule has 96 valence electrons. The van der Waals surface area contributed by atoms with Crippen molar-refractivity contribution < 1.29 is 30.7 Å². The van der Waals surface area contributed by atoms with Gasteiger partial charge in [-0.25, -0.2) is 4.39 Å². The third-order valence-corrected chi connectivity index (χ3v) is 2.25. The quantitative estimate of drug-likeness (QED) is 0.521. The summed E-state index contributed by atoms with van der Waals surface area (Å²) in [5.74, 6) is -2.86. The van der Waals surface area contributed by atoms with Gasteiger partial charge in [0, 0.05) is 5.88 Å². The van der Waals surface area contributed by atoms with Gasteiger partial charge in [0.1, 0.15) is 5.82 Å². The number of rotatable bonds is 1. The van der Waals surface area contributed by atoms with Crippen LogP contribution in [0, 0.1) is 5.82 Å². The van der Waals surface area contributed by atoms with Crippen molar-refractivity contribution in [2.75, 3.05) is 0 Å². The number of benzene rings is 1. The van der Waals surface area contributed by atoms with Gasteiger partial charge in [0.25, 0.3) is 0 Å². The molecule has 0 aliphatic rings. The minimum atomic E-state index is -5.23. The SMILES string of the molecule is Fc1ccc(C(F)(F)F)c(CCl)c1C(F)(F)F. The third kappa shape index (κ3) is 2.83. The Morgan fingerprint density at radius 1 is 0.941 bits per heavy atom. The first-order chi connectivity index (χ1) is 7.59. The van der Waals surface area contributed by atoms with Crippen molar-refractivity contribution >= 4 is 11.6 Å². The molecule has 0 unspecified atom stereocenters. The number of hydrogen-bond acceptors (Lipinski definition) is 0. The van der Waals surface area contributed by atoms with Gasteiger partial charge in [-0.05, 0) is 17.7 Å². The Labute approximate surface area is 96.0 Å². The van der Waals surface area contributed by atoms with E-state index in [1.54, 1.807) is 0 Å². The van der Waals surface area contributed by atoms with Crippen molar-refractivity contribution in [1.82, 2.24) is 0 Å². The van der Waals surface area contributed by atoms with Gasteiger partial charge in [0.2, 0.25) is 0 Å². The first-order valence-corrected chi connectivity index (χ1v) is 4.64. The molecule has 0 aliphatic carbocycles. The normalized spacial score (nSPS) is 12.9. The highest BCUT2D eigenvalue weighted by Crippen LogP contribution is 2.41. The molecule has 1 rings (SSSR count). The fourth-order valence-electron chi connectivity index (χ4n) is 1.33. The summed E-state index contributed by atoms with van der Waals surface area (Å²) in [6.45, 7) is 0. The van der Waals surface area contributed by atoms with E-state index in [-0.39, 0.29) is 12.1 Å². The smallest absolute Gasteiger partial charge is 0.206 e. The van der Waals surface area contributed by atoms with Crippen LogP contribution in [0.25, 0.3) is 0 Å². The molecule has 0 heterocycles. The van der Waals surface area contributed by atoms with Crippen molar-refractivity contribution in [2.24, 2.45) is 0 Å². The minimum absolute atomic E-state index is 0.127. The molecule has 0 atom stereocenters. The van der Waals surface area contributed by atoms with Crippen LogP contribution in [0.3, 0.4) is 0 Å². The van der Waals surface area contributed by atoms with Gasteiger partial charge >= 0.3 is 12.4 Å². The molecule has 0 nitrogen and oxygen atoms in total. The average Bonchev–Trinajstić information content (AvgIpc) is 2.12. The predicted octanol–water partition coefficient (Wildman–Crippen LogP) is 4.60. The lowest BCUT2D eigenvalue weighted by molar-refractivity contribution is -0.145. The van der Waals surface area contributed by atoms with Gasteiger partial charge < -0.3 is 0 Å². The molecule has 8 heteroatoms. The van der Waals surface area contributed by atoms with E-state index in [4.69, 9.17) is 11.6 Å². The Balaban J connectivity index is 3.60. The molecule has 0 amide bonds. The Hall–Kier alpha value is -0.980. The Bertz CT molecular complexity index is 419. The Morgan fingerprint density at radius 3 is 1.82 bits per heavy atom. The predicted molar refractivity (Wildman–Crippen MR) is 46.0 cm³/mol. The lowest BCUT2D eigenvalue weighted by Crippen LogP contribution is -2.17. The van der Waals surface area contributed by atoms with Crippen molar-refractivity contribution in [3.63, 3.8) is 0 Å². The highest BCUT2D eigenvalue weighted by Gasteiger charge is 2.42. The van der Waals surface area contributed by atoms with Gasteiger partial charge in [-0.2, -0.15) is 26.3 Å². The van der Waals surface area contributed by atoms with Crippen LogP contribution in [-0.4, -0.2) is 0 Å². The minimum Gasteiger partial charge on any atom is -0.206 e. The zero-order chi connectivity index (χ0) is 13.4. The van der Waals surface area contributed by atoms with Crippen molar-refractivity contribution in [2.45, 2.75) is 18.2 Å². The van der Waals surface area contributed by atoms with Gasteiger partial charge in [0.05, 0.1) is 11.1 Å². The molecule has 0 aliphatic heterocycles. The third-order valence-electron chi connectivity index (χ3n) is 1.98. The molecule has 0 spiro atoms. The summed E-state index contributed by atoms with van der Waals surface area (Å²) >= 11 is 5.05. The fraction of sp³-hybridized carbons (Fsp3) is 0.333. The Morgan fingerprint density at radius 2 is 1.47 bits per heavy atom. The molecule has 0 fully saturated rings. The summed E-state index contributed by atoms with van der Waals surface area (Å²) in [7, 11) is 0. The van der Waals surface area contributed by atoms with E-state index in [9.17, 15) is 30.7 Å². The summed E-state index contributed by atoms with van der Waals surface area (Å²) < 4.78 is 87.3. The highest BCUT2D eigenvalue weighted by atomic mass is 35.5. The lowest BCUT2D eigenvalue weighted by atomic mass is 10.0. The second-order valence-electron chi connectivity index (χ2n) is 3.08. The van der Waals surface area contributed by atoms with Crippen LogP contribution in [-0.2, 0) is 18.2 Å². The standard InChI is InChI=1S/C9H4ClF7/c10-3-4-5(8(12,13)14)1-2-6(11)7(4)9(15,16)17/h1-2H,3H2. The molecule has 17 heavy (non-hydrogen) atoms. The molecule has 1 aromatic rings. The van der Waals surface area contributed by atoms with Crippen LogP contribution in [0.1, 0.15) is 16.7 Å². The first-order valence-electron chi connectivity index (χ1n) is 4.10. The van der Waals surface area contributed by atoms with Crippen molar-refractivity contribution in [1.29, 1.82) is 0 Å². The second-order valence-corrected chi connectivity index (χ2v) is 3.34. The second kappa shape index (κ2) is 4.36. The maximum Gasteiger partial charge on any atom is 0.419 e. The summed E-state index contributed by atoms with van der Waals surface area (Å²) in [6, 6.07) is 0.365. The average molecular weight is 281 g/mol. The van der Waals surface area contributed by atoms with Crippen LogP contribution in [0.15, 0.2) is 12.1 Å². The van der Waals surface area contributed by atoms with Gasteiger partial charge in [0.15, 0.2) is 0 Å². The summed E-state index contributed by atoms with van der Waals surface area (Å²) in [5.41, 5.74) is -4.85. The van der Waals surface area contributed by atoms with E-state index < -0.39 is 40.7 Å². The monoisotopic (exact) mass is 280 g/mol. The van der Waals surface area contributed by atoms with E-state index in [1.807, 2.05) is 0 Å². The molecule has 0 bridgehead atoms. The first kappa shape index (κ1) is 14.1. The van der Waals surface area contributed by atoms with Crippen LogP contribution in [0.4, 0.5) is 30.7 Å². The molecule has 0 saturated carbocycles. The largest absolute Gasteiger partial charge is 0.419 e. The van der Waals surface area contributed by atoms with E-state index in [1.165, 1.54) is 0 Å². The molecular weight excluding hydrogens is 277 g/mol. The molecule has 0 aromatic heterocycles. The van der Waals surface area contributed by atoms with Gasteiger partial charge in [-0.3, -0.25) is 0 Å². The van der Waals surface area contributed by atoms with Crippen LogP contribution >= 0.6 is 11.6 Å². The lowest BCUT2D eigenvalue weighted by Gasteiger charge is -2.17. The summed E-state index contributed by atoms with van der Waals surface area (Å²) in [4.78, 5) is 0. The zero-order valence-corrected chi connectivity index (χ0v) is 8.64. The maximum absolute atomic E-state index is 13.0. The van der Waals surface area contributed by atoms with E-state index in [2.05, 4.69) is 0 Å². The summed E-state index contributed by atoms with van der Waals surface area (Å²) in [6.07, 6.45) is -10.2. The summed E-state index contributed by atoms with van der Waals surface area (Å²) in [5, 5.41) is 0. The molecule has 0 N–H and O–H groups in total. The molecule has 0 saturated heterocycles. The number of hydrogen-bond donors (Lipinski definition) is 0. The van der Waals surface area contributed by atoms with Crippen LogP contribution in [0.2, 0.25) is 0 Å². The fourth-order valence-corrected chi connectivity index (χ4v) is 1.61. The maximum atomic E-state index is 13.0. The zero-order valence-electron chi connectivity index (χ0n) is 7.89. The number of halogens is 8. The van der Waals surface area contributed by atoms with Crippen molar-refractivity contribution in [3.8, 4) is 0 Å². The molecular formula is C9H4ClF7. The molecule has 0 radical (unpaired) electrons. The van der Waals surface area contributed by atoms with E-state index in [0.29, 0.717) is 0 Å². The van der Waals surface area contributed by atoms with Crippen LogP contribution < -0.4 is 0 Å². The van der Waals surface area contributed by atoms with Crippen LogP contribution in [0.5, 0.6) is 0 Å². The van der Waals surface area contributed by atoms with E-state index >= 15 is 0 Å².